The molecule has 0 aromatic heterocycles. The highest BCUT2D eigenvalue weighted by atomic mass is 17.2. The molecule has 1 unspecified atom stereocenters. The molecule has 0 bridgehead atoms. The van der Waals surface area contributed by atoms with E-state index in [4.69, 9.17) is 28.4 Å². The maximum absolute atomic E-state index is 12.7. The number of carbonyl (C=O) groups excluding carboxylic acids is 3. The Morgan fingerprint density at radius 2 is 1.56 bits per heavy atom. The number of hydrogen-bond donors (Lipinski definition) is 2. The van der Waals surface area contributed by atoms with Crippen LogP contribution in [0.2, 0.25) is 0 Å². The summed E-state index contributed by atoms with van der Waals surface area (Å²) in [7, 11) is 0. The fourth-order valence-electron chi connectivity index (χ4n) is 3.20. The number of terminal acetylenes is 2. The largest absolute Gasteiger partial charge is 0.370 e. The lowest BCUT2D eigenvalue weighted by Crippen LogP contribution is -2.43. The predicted octanol–water partition coefficient (Wildman–Crippen LogP) is 4.12. The molecular weight excluding hydrogens is 458 g/mol. The van der Waals surface area contributed by atoms with Gasteiger partial charge in [0.05, 0.1) is 12.6 Å². The first-order chi connectivity index (χ1) is 17.4. The molecule has 0 spiro atoms. The summed E-state index contributed by atoms with van der Waals surface area (Å²) in [5.74, 6) is 4.90. The molecule has 0 heterocycles. The standard InChI is InChI=1S/C22H40N2O4.C6H9NO/c1-5-9-11-14-21(25)23-16-13-10-12-15-22(26)24(17-6-2)20(8-4)19-28-27-18-7-3;1-2-3-4-5-6(7)8/h1,20H,6-19H2,2-4H3,(H,23,25);1H,3-5H2,(H2,7,8). The molecule has 0 aromatic carbocycles. The third-order valence-corrected chi connectivity index (χ3v) is 5.19. The van der Waals surface area contributed by atoms with Crippen molar-refractivity contribution in [2.24, 2.45) is 5.73 Å². The zero-order valence-electron chi connectivity index (χ0n) is 22.8. The second kappa shape index (κ2) is 27.0. The van der Waals surface area contributed by atoms with Crippen molar-refractivity contribution >= 4 is 17.7 Å². The number of nitrogens with two attached hydrogens (primary N) is 1. The van der Waals surface area contributed by atoms with E-state index in [1.54, 1.807) is 0 Å². The van der Waals surface area contributed by atoms with E-state index < -0.39 is 0 Å². The molecule has 206 valence electrons. The SMILES string of the molecule is C#CCCCC(=O)NCCCCCC(=O)N(CCC)C(CC)COOCCC.C#CCCCC(N)=O. The summed E-state index contributed by atoms with van der Waals surface area (Å²) in [6, 6.07) is 0.0478. The van der Waals surface area contributed by atoms with Crippen LogP contribution in [0, 0.1) is 24.7 Å². The zero-order valence-corrected chi connectivity index (χ0v) is 22.8. The van der Waals surface area contributed by atoms with E-state index in [2.05, 4.69) is 31.0 Å². The fourth-order valence-corrected chi connectivity index (χ4v) is 3.20. The van der Waals surface area contributed by atoms with Crippen LogP contribution in [0.25, 0.3) is 0 Å². The molecule has 0 saturated heterocycles. The second-order valence-corrected chi connectivity index (χ2v) is 8.50. The molecule has 8 heteroatoms. The highest BCUT2D eigenvalue weighted by Crippen LogP contribution is 2.11. The minimum absolute atomic E-state index is 0.0478. The minimum atomic E-state index is -0.278. The summed E-state index contributed by atoms with van der Waals surface area (Å²) in [5.41, 5.74) is 4.83. The molecule has 1 atom stereocenters. The van der Waals surface area contributed by atoms with Gasteiger partial charge >= 0.3 is 0 Å². The third kappa shape index (κ3) is 23.2. The van der Waals surface area contributed by atoms with Crippen molar-refractivity contribution in [2.75, 3.05) is 26.3 Å². The van der Waals surface area contributed by atoms with Gasteiger partial charge in [0.1, 0.15) is 6.61 Å². The summed E-state index contributed by atoms with van der Waals surface area (Å²) >= 11 is 0. The van der Waals surface area contributed by atoms with Gasteiger partial charge in [-0.3, -0.25) is 14.4 Å². The van der Waals surface area contributed by atoms with Crippen molar-refractivity contribution < 1.29 is 24.2 Å². The van der Waals surface area contributed by atoms with Crippen LogP contribution in [-0.4, -0.2) is 55.0 Å². The first-order valence-electron chi connectivity index (χ1n) is 13.3. The Balaban J connectivity index is 0. The van der Waals surface area contributed by atoms with Crippen LogP contribution in [-0.2, 0) is 24.2 Å². The lowest BCUT2D eigenvalue weighted by atomic mass is 10.1. The monoisotopic (exact) mass is 507 g/mol. The van der Waals surface area contributed by atoms with Crippen LogP contribution in [0.3, 0.4) is 0 Å². The molecule has 0 fully saturated rings. The van der Waals surface area contributed by atoms with Gasteiger partial charge in [0.25, 0.3) is 0 Å². The van der Waals surface area contributed by atoms with Crippen molar-refractivity contribution in [2.45, 2.75) is 110 Å². The van der Waals surface area contributed by atoms with E-state index in [0.29, 0.717) is 58.3 Å². The molecule has 36 heavy (non-hydrogen) atoms. The van der Waals surface area contributed by atoms with E-state index in [1.807, 2.05) is 11.8 Å². The zero-order chi connectivity index (χ0) is 27.4. The Labute approximate surface area is 219 Å². The smallest absolute Gasteiger partial charge is 0.222 e. The lowest BCUT2D eigenvalue weighted by Gasteiger charge is -2.30. The topological polar surface area (TPSA) is 111 Å². The van der Waals surface area contributed by atoms with Crippen LogP contribution in [0.15, 0.2) is 0 Å². The van der Waals surface area contributed by atoms with Crippen molar-refractivity contribution in [3.8, 4) is 24.7 Å². The lowest BCUT2D eigenvalue weighted by molar-refractivity contribution is -0.300. The van der Waals surface area contributed by atoms with Gasteiger partial charge in [-0.05, 0) is 44.9 Å². The summed E-state index contributed by atoms with van der Waals surface area (Å²) in [5, 5.41) is 2.90. The van der Waals surface area contributed by atoms with E-state index in [9.17, 15) is 14.4 Å². The normalized spacial score (nSPS) is 10.8. The van der Waals surface area contributed by atoms with Gasteiger partial charge in [-0.2, -0.15) is 0 Å². The minimum Gasteiger partial charge on any atom is -0.370 e. The maximum Gasteiger partial charge on any atom is 0.222 e. The van der Waals surface area contributed by atoms with Crippen LogP contribution in [0.4, 0.5) is 0 Å². The van der Waals surface area contributed by atoms with Gasteiger partial charge in [-0.15, -0.1) is 24.7 Å². The maximum atomic E-state index is 12.7. The number of hydrogen-bond acceptors (Lipinski definition) is 5. The Kier molecular flexibility index (Phi) is 26.8. The van der Waals surface area contributed by atoms with E-state index in [1.165, 1.54) is 0 Å². The molecule has 3 amide bonds. The molecule has 8 nitrogen and oxygen atoms in total. The van der Waals surface area contributed by atoms with Crippen molar-refractivity contribution in [1.82, 2.24) is 10.2 Å². The van der Waals surface area contributed by atoms with E-state index in [0.717, 1.165) is 51.5 Å². The fraction of sp³-hybridized carbons (Fsp3) is 0.750. The van der Waals surface area contributed by atoms with Gasteiger partial charge in [-0.1, -0.05) is 27.2 Å². The number of primary amides is 1. The van der Waals surface area contributed by atoms with Crippen molar-refractivity contribution in [3.63, 3.8) is 0 Å². The molecule has 0 aliphatic carbocycles. The summed E-state index contributed by atoms with van der Waals surface area (Å²) in [4.78, 5) is 46.6. The van der Waals surface area contributed by atoms with Crippen molar-refractivity contribution in [3.05, 3.63) is 0 Å². The highest BCUT2D eigenvalue weighted by molar-refractivity contribution is 5.76. The number of nitrogens with zero attached hydrogens (tertiary/aromatic N) is 1. The average molecular weight is 508 g/mol. The first-order valence-corrected chi connectivity index (χ1v) is 13.3. The van der Waals surface area contributed by atoms with Gasteiger partial charge in [0.15, 0.2) is 0 Å². The number of nitrogens with one attached hydrogen (secondary N) is 1. The number of unbranched alkanes of at least 4 members (excludes halogenated alkanes) is 4. The summed E-state index contributed by atoms with van der Waals surface area (Å²) in [6.07, 6.45) is 19.5. The van der Waals surface area contributed by atoms with Crippen LogP contribution in [0.1, 0.15) is 104 Å². The predicted molar refractivity (Wildman–Crippen MR) is 144 cm³/mol. The Morgan fingerprint density at radius 1 is 0.889 bits per heavy atom. The third-order valence-electron chi connectivity index (χ3n) is 5.19. The first kappa shape index (κ1) is 35.6. The molecule has 0 aromatic rings. The summed E-state index contributed by atoms with van der Waals surface area (Å²) in [6.45, 7) is 8.54. The molecule has 3 N–H and O–H groups in total. The van der Waals surface area contributed by atoms with Crippen LogP contribution < -0.4 is 11.1 Å². The number of amides is 3. The van der Waals surface area contributed by atoms with Crippen LogP contribution >= 0.6 is 0 Å². The molecular formula is C28H49N3O5. The van der Waals surface area contributed by atoms with Crippen LogP contribution in [0.5, 0.6) is 0 Å². The Morgan fingerprint density at radius 3 is 2.11 bits per heavy atom. The highest BCUT2D eigenvalue weighted by Gasteiger charge is 2.21. The van der Waals surface area contributed by atoms with Gasteiger partial charge < -0.3 is 16.0 Å². The average Bonchev–Trinajstić information content (AvgIpc) is 2.85. The number of carbonyl (C=O) groups is 3. The van der Waals surface area contributed by atoms with Gasteiger partial charge in [0.2, 0.25) is 17.7 Å². The number of rotatable bonds is 21. The van der Waals surface area contributed by atoms with Gasteiger partial charge in [-0.25, -0.2) is 9.78 Å². The molecule has 0 aliphatic rings. The van der Waals surface area contributed by atoms with Gasteiger partial charge in [0, 0.05) is 45.2 Å². The summed E-state index contributed by atoms with van der Waals surface area (Å²) < 4.78 is 0. The Hall–Kier alpha value is -2.55. The second-order valence-electron chi connectivity index (χ2n) is 8.50. The molecule has 0 radical (unpaired) electrons. The molecule has 0 aliphatic heterocycles. The van der Waals surface area contributed by atoms with E-state index in [-0.39, 0.29) is 23.8 Å². The molecule has 0 rings (SSSR count). The van der Waals surface area contributed by atoms with E-state index >= 15 is 0 Å². The quantitative estimate of drug-likeness (QED) is 0.105. The Bertz CT molecular complexity index is 655. The van der Waals surface area contributed by atoms with Crippen molar-refractivity contribution in [1.29, 1.82) is 0 Å². The molecule has 0 saturated carbocycles.